The third kappa shape index (κ3) is 3.79. The first kappa shape index (κ1) is 21.9. The Bertz CT molecular complexity index is 1260. The van der Waals surface area contributed by atoms with Gasteiger partial charge in [0, 0.05) is 61.2 Å². The molecule has 6 nitrogen and oxygen atoms in total. The lowest BCUT2D eigenvalue weighted by Crippen LogP contribution is -2.45. The van der Waals surface area contributed by atoms with E-state index >= 15 is 0 Å². The number of halogens is 2. The van der Waals surface area contributed by atoms with E-state index in [9.17, 15) is 14.0 Å². The largest absolute Gasteiger partial charge is 0.450 e. The van der Waals surface area contributed by atoms with Crippen molar-refractivity contribution in [2.45, 2.75) is 25.0 Å². The Balaban J connectivity index is 1.40. The molecule has 1 aromatic heterocycles. The second kappa shape index (κ2) is 8.15. The van der Waals surface area contributed by atoms with Gasteiger partial charge in [0.2, 0.25) is 0 Å². The number of likely N-dealkylation sites (N-methyl/N-ethyl adjacent to an activating group) is 1. The van der Waals surface area contributed by atoms with Crippen molar-refractivity contribution in [2.24, 2.45) is 0 Å². The van der Waals surface area contributed by atoms with Gasteiger partial charge in [0.1, 0.15) is 11.4 Å². The lowest BCUT2D eigenvalue weighted by molar-refractivity contribution is -0.0389. The van der Waals surface area contributed by atoms with Crippen molar-refractivity contribution < 1.29 is 18.7 Å². The maximum Gasteiger partial charge on any atom is 0.339 e. The standard InChI is InChI=1S/C25H25ClFN3O3/c1-28(2)11-12-30-15-20(18-5-3-16(26)13-22(18)30)23(31)29-9-7-25(8-10-29)21-6-4-17(27)14-19(21)24(32)33-25/h3-6,13-15H,7-12H2,1-2H3. The fourth-order valence-corrected chi connectivity index (χ4v) is 5.08. The summed E-state index contributed by atoms with van der Waals surface area (Å²) in [7, 11) is 4.02. The monoisotopic (exact) mass is 469 g/mol. The summed E-state index contributed by atoms with van der Waals surface area (Å²) in [4.78, 5) is 29.7. The first-order valence-corrected chi connectivity index (χ1v) is 11.4. The minimum Gasteiger partial charge on any atom is -0.450 e. The fourth-order valence-electron chi connectivity index (χ4n) is 4.91. The van der Waals surface area contributed by atoms with E-state index in [1.807, 2.05) is 32.4 Å². The molecule has 0 unspecified atom stereocenters. The number of nitrogens with zero attached hydrogens (tertiary/aromatic N) is 3. The summed E-state index contributed by atoms with van der Waals surface area (Å²) in [5.41, 5.74) is 1.79. The molecular formula is C25H25ClFN3O3. The van der Waals surface area contributed by atoms with Crippen LogP contribution in [0, 0.1) is 5.82 Å². The van der Waals surface area contributed by atoms with Crippen LogP contribution in [0.5, 0.6) is 0 Å². The zero-order valence-corrected chi connectivity index (χ0v) is 19.4. The highest BCUT2D eigenvalue weighted by molar-refractivity contribution is 6.31. The van der Waals surface area contributed by atoms with Crippen LogP contribution in [0.3, 0.4) is 0 Å². The zero-order chi connectivity index (χ0) is 23.3. The minimum absolute atomic E-state index is 0.0515. The van der Waals surface area contributed by atoms with E-state index in [0.717, 1.165) is 29.6 Å². The Kier molecular flexibility index (Phi) is 5.41. The molecule has 0 atom stereocenters. The molecule has 0 bridgehead atoms. The van der Waals surface area contributed by atoms with Crippen molar-refractivity contribution in [2.75, 3.05) is 33.7 Å². The number of hydrogen-bond donors (Lipinski definition) is 0. The van der Waals surface area contributed by atoms with E-state index in [1.165, 1.54) is 12.1 Å². The van der Waals surface area contributed by atoms with Crippen LogP contribution in [0.15, 0.2) is 42.6 Å². The van der Waals surface area contributed by atoms with Gasteiger partial charge in [0.25, 0.3) is 5.91 Å². The summed E-state index contributed by atoms with van der Waals surface area (Å²) >= 11 is 6.24. The summed E-state index contributed by atoms with van der Waals surface area (Å²) in [5, 5.41) is 1.50. The second-order valence-corrected chi connectivity index (χ2v) is 9.50. The van der Waals surface area contributed by atoms with E-state index in [-0.39, 0.29) is 11.5 Å². The number of hydrogen-bond acceptors (Lipinski definition) is 4. The topological polar surface area (TPSA) is 54.8 Å². The number of carbonyl (C=O) groups is 2. The van der Waals surface area contributed by atoms with Gasteiger partial charge >= 0.3 is 5.97 Å². The lowest BCUT2D eigenvalue weighted by Gasteiger charge is -2.38. The van der Waals surface area contributed by atoms with Gasteiger partial charge in [-0.3, -0.25) is 4.79 Å². The summed E-state index contributed by atoms with van der Waals surface area (Å²) in [5.74, 6) is -1.00. The number of benzene rings is 2. The van der Waals surface area contributed by atoms with Gasteiger partial charge in [-0.15, -0.1) is 0 Å². The molecule has 2 aromatic carbocycles. The number of ether oxygens (including phenoxy) is 1. The predicted octanol–water partition coefficient (Wildman–Crippen LogP) is 4.30. The van der Waals surface area contributed by atoms with Gasteiger partial charge in [-0.2, -0.15) is 0 Å². The maximum absolute atomic E-state index is 13.6. The Hall–Kier alpha value is -2.90. The number of esters is 1. The SMILES string of the molecule is CN(C)CCn1cc(C(=O)N2CCC3(CC2)OC(=O)c2cc(F)ccc23)c2ccc(Cl)cc21. The molecule has 1 fully saturated rings. The third-order valence-electron chi connectivity index (χ3n) is 6.70. The van der Waals surface area contributed by atoms with Crippen LogP contribution in [-0.2, 0) is 16.9 Å². The second-order valence-electron chi connectivity index (χ2n) is 9.07. The minimum atomic E-state index is -0.788. The van der Waals surface area contributed by atoms with Gasteiger partial charge in [-0.05, 0) is 38.4 Å². The van der Waals surface area contributed by atoms with Gasteiger partial charge < -0.3 is 19.1 Å². The van der Waals surface area contributed by atoms with Crippen molar-refractivity contribution in [3.63, 3.8) is 0 Å². The van der Waals surface area contributed by atoms with E-state index in [2.05, 4.69) is 9.47 Å². The Morgan fingerprint density at radius 1 is 1.18 bits per heavy atom. The summed E-state index contributed by atoms with van der Waals surface area (Å²) in [6, 6.07) is 9.81. The first-order chi connectivity index (χ1) is 15.8. The van der Waals surface area contributed by atoms with Crippen LogP contribution in [-0.4, -0.2) is 60.0 Å². The Labute approximate surface area is 196 Å². The Morgan fingerprint density at radius 2 is 1.94 bits per heavy atom. The lowest BCUT2D eigenvalue weighted by atomic mass is 9.83. The van der Waals surface area contributed by atoms with Crippen molar-refractivity contribution in [1.82, 2.24) is 14.4 Å². The molecule has 0 radical (unpaired) electrons. The zero-order valence-electron chi connectivity index (χ0n) is 18.6. The molecule has 0 aliphatic carbocycles. The van der Waals surface area contributed by atoms with Crippen LogP contribution in [0.25, 0.3) is 10.9 Å². The molecular weight excluding hydrogens is 445 g/mol. The number of amides is 1. The molecule has 1 saturated heterocycles. The van der Waals surface area contributed by atoms with Crippen LogP contribution < -0.4 is 0 Å². The average Bonchev–Trinajstić information content (AvgIpc) is 3.27. The molecule has 172 valence electrons. The molecule has 3 heterocycles. The maximum atomic E-state index is 13.6. The van der Waals surface area contributed by atoms with Crippen molar-refractivity contribution in [1.29, 1.82) is 0 Å². The number of piperidine rings is 1. The van der Waals surface area contributed by atoms with Crippen LogP contribution in [0.2, 0.25) is 5.02 Å². The highest BCUT2D eigenvalue weighted by atomic mass is 35.5. The van der Waals surface area contributed by atoms with Crippen LogP contribution in [0.1, 0.15) is 39.1 Å². The van der Waals surface area contributed by atoms with Crippen LogP contribution in [0.4, 0.5) is 4.39 Å². The van der Waals surface area contributed by atoms with E-state index in [1.54, 1.807) is 17.0 Å². The van der Waals surface area contributed by atoms with Gasteiger partial charge in [0.05, 0.1) is 16.6 Å². The van der Waals surface area contributed by atoms with Gasteiger partial charge in [0.15, 0.2) is 0 Å². The van der Waals surface area contributed by atoms with Gasteiger partial charge in [-0.1, -0.05) is 23.7 Å². The average molecular weight is 470 g/mol. The third-order valence-corrected chi connectivity index (χ3v) is 6.94. The number of rotatable bonds is 4. The van der Waals surface area contributed by atoms with E-state index in [4.69, 9.17) is 16.3 Å². The van der Waals surface area contributed by atoms with Crippen LogP contribution >= 0.6 is 11.6 Å². The summed E-state index contributed by atoms with van der Waals surface area (Å²) < 4.78 is 21.4. The molecule has 3 aromatic rings. The van der Waals surface area contributed by atoms with E-state index in [0.29, 0.717) is 36.5 Å². The Morgan fingerprint density at radius 3 is 2.67 bits per heavy atom. The number of likely N-dealkylation sites (tertiary alicyclic amines) is 1. The normalized spacial score (nSPS) is 17.1. The number of aromatic nitrogens is 1. The molecule has 2 aliphatic heterocycles. The summed E-state index contributed by atoms with van der Waals surface area (Å²) in [6.07, 6.45) is 2.87. The molecule has 33 heavy (non-hydrogen) atoms. The molecule has 1 amide bonds. The molecule has 0 saturated carbocycles. The summed E-state index contributed by atoms with van der Waals surface area (Å²) in [6.45, 7) is 2.47. The molecule has 1 spiro atoms. The smallest absolute Gasteiger partial charge is 0.339 e. The molecule has 5 rings (SSSR count). The quantitative estimate of drug-likeness (QED) is 0.535. The highest BCUT2D eigenvalue weighted by Gasteiger charge is 2.48. The molecule has 0 N–H and O–H groups in total. The first-order valence-electron chi connectivity index (χ1n) is 11.0. The number of carbonyl (C=O) groups excluding carboxylic acids is 2. The van der Waals surface area contributed by atoms with Crippen molar-refractivity contribution in [3.8, 4) is 0 Å². The predicted molar refractivity (Wildman–Crippen MR) is 124 cm³/mol. The number of fused-ring (bicyclic) bond motifs is 3. The van der Waals surface area contributed by atoms with E-state index < -0.39 is 17.4 Å². The van der Waals surface area contributed by atoms with Crippen molar-refractivity contribution in [3.05, 3.63) is 70.1 Å². The fraction of sp³-hybridized carbons (Fsp3) is 0.360. The molecule has 8 heteroatoms. The molecule has 2 aliphatic rings. The van der Waals surface area contributed by atoms with Gasteiger partial charge in [-0.25, -0.2) is 9.18 Å². The highest BCUT2D eigenvalue weighted by Crippen LogP contribution is 2.44. The van der Waals surface area contributed by atoms with Crippen molar-refractivity contribution >= 4 is 34.4 Å².